The Morgan fingerprint density at radius 2 is 1.95 bits per heavy atom. The van der Waals surface area contributed by atoms with Crippen LogP contribution >= 0.6 is 0 Å². The Bertz CT molecular complexity index is 535. The Labute approximate surface area is 131 Å². The van der Waals surface area contributed by atoms with E-state index in [1.807, 2.05) is 19.0 Å². The van der Waals surface area contributed by atoms with Gasteiger partial charge in [-0.1, -0.05) is 6.42 Å². The second-order valence-corrected chi connectivity index (χ2v) is 6.47. The van der Waals surface area contributed by atoms with Crippen LogP contribution in [0.2, 0.25) is 0 Å². The molecule has 1 N–H and O–H groups in total. The van der Waals surface area contributed by atoms with Crippen molar-refractivity contribution in [3.05, 3.63) is 6.20 Å². The average Bonchev–Trinajstić information content (AvgIpc) is 2.46. The van der Waals surface area contributed by atoms with Crippen LogP contribution in [0, 0.1) is 5.92 Å². The largest absolute Gasteiger partial charge is 0.361 e. The molecule has 2 heterocycles. The number of carbonyl (C=O) groups excluding carboxylic acids is 1. The lowest BCUT2D eigenvalue weighted by atomic mass is 9.85. The van der Waals surface area contributed by atoms with Gasteiger partial charge >= 0.3 is 0 Å². The highest BCUT2D eigenvalue weighted by Gasteiger charge is 2.26. The summed E-state index contributed by atoms with van der Waals surface area (Å²) in [7, 11) is 3.89. The Kier molecular flexibility index (Phi) is 4.45. The number of amides is 1. The van der Waals surface area contributed by atoms with Crippen LogP contribution in [0.25, 0.3) is 0 Å². The third kappa shape index (κ3) is 3.15. The number of nitrogens with zero attached hydrogens (tertiary/aromatic N) is 4. The van der Waals surface area contributed by atoms with Gasteiger partial charge in [0.25, 0.3) is 0 Å². The standard InChI is InChI=1S/C16H25N5O/c1-20(2)14-13(18-15(22)12-7-6-8-12)11-17-16(19-14)21-9-4-3-5-10-21/h11-12H,3-10H2,1-2H3,(H,18,22). The van der Waals surface area contributed by atoms with Crippen LogP contribution in [0.5, 0.6) is 0 Å². The summed E-state index contributed by atoms with van der Waals surface area (Å²) in [4.78, 5) is 25.5. The molecule has 1 saturated heterocycles. The van der Waals surface area contributed by atoms with Gasteiger partial charge in [-0.2, -0.15) is 4.98 Å². The van der Waals surface area contributed by atoms with E-state index in [4.69, 9.17) is 0 Å². The highest BCUT2D eigenvalue weighted by Crippen LogP contribution is 2.30. The molecule has 22 heavy (non-hydrogen) atoms. The first kappa shape index (κ1) is 15.1. The lowest BCUT2D eigenvalue weighted by Crippen LogP contribution is -2.32. The van der Waals surface area contributed by atoms with Gasteiger partial charge in [0.2, 0.25) is 11.9 Å². The van der Waals surface area contributed by atoms with Crippen molar-refractivity contribution in [3.63, 3.8) is 0 Å². The number of hydrogen-bond donors (Lipinski definition) is 1. The van der Waals surface area contributed by atoms with Crippen molar-refractivity contribution < 1.29 is 4.79 Å². The Morgan fingerprint density at radius 1 is 1.23 bits per heavy atom. The fourth-order valence-corrected chi connectivity index (χ4v) is 2.94. The quantitative estimate of drug-likeness (QED) is 0.924. The minimum absolute atomic E-state index is 0.101. The number of piperidine rings is 1. The van der Waals surface area contributed by atoms with Crippen molar-refractivity contribution in [1.82, 2.24) is 9.97 Å². The molecule has 2 aliphatic rings. The molecule has 0 aromatic carbocycles. The number of rotatable bonds is 4. The van der Waals surface area contributed by atoms with Gasteiger partial charge in [-0.25, -0.2) is 4.98 Å². The van der Waals surface area contributed by atoms with E-state index in [1.54, 1.807) is 6.20 Å². The van der Waals surface area contributed by atoms with E-state index < -0.39 is 0 Å². The molecule has 1 aromatic rings. The number of aromatic nitrogens is 2. The van der Waals surface area contributed by atoms with E-state index in [0.717, 1.165) is 44.1 Å². The second kappa shape index (κ2) is 6.50. The molecule has 6 nitrogen and oxygen atoms in total. The predicted molar refractivity (Wildman–Crippen MR) is 88.4 cm³/mol. The van der Waals surface area contributed by atoms with Gasteiger partial charge in [-0.15, -0.1) is 0 Å². The molecule has 2 fully saturated rings. The zero-order valence-corrected chi connectivity index (χ0v) is 13.5. The molecule has 0 spiro atoms. The maximum atomic E-state index is 12.2. The minimum atomic E-state index is 0.101. The minimum Gasteiger partial charge on any atom is -0.361 e. The van der Waals surface area contributed by atoms with Gasteiger partial charge in [-0.3, -0.25) is 4.79 Å². The van der Waals surface area contributed by atoms with E-state index in [2.05, 4.69) is 20.2 Å². The van der Waals surface area contributed by atoms with Crippen molar-refractivity contribution in [2.45, 2.75) is 38.5 Å². The van der Waals surface area contributed by atoms with E-state index in [-0.39, 0.29) is 11.8 Å². The normalized spacial score (nSPS) is 18.7. The van der Waals surface area contributed by atoms with Crippen LogP contribution in [-0.2, 0) is 4.79 Å². The monoisotopic (exact) mass is 303 g/mol. The van der Waals surface area contributed by atoms with Crippen molar-refractivity contribution in [1.29, 1.82) is 0 Å². The summed E-state index contributed by atoms with van der Waals surface area (Å²) in [6.07, 6.45) is 8.58. The highest BCUT2D eigenvalue weighted by molar-refractivity contribution is 5.95. The van der Waals surface area contributed by atoms with Gasteiger partial charge in [0.15, 0.2) is 5.82 Å². The van der Waals surface area contributed by atoms with Crippen LogP contribution < -0.4 is 15.1 Å². The zero-order valence-electron chi connectivity index (χ0n) is 13.5. The molecule has 0 unspecified atom stereocenters. The zero-order chi connectivity index (χ0) is 15.5. The number of nitrogens with one attached hydrogen (secondary N) is 1. The lowest BCUT2D eigenvalue weighted by Gasteiger charge is -2.28. The van der Waals surface area contributed by atoms with Crippen LogP contribution in [0.15, 0.2) is 6.20 Å². The number of carbonyl (C=O) groups is 1. The summed E-state index contributed by atoms with van der Waals surface area (Å²) in [5.41, 5.74) is 0.711. The molecule has 1 amide bonds. The van der Waals surface area contributed by atoms with Gasteiger partial charge in [0.1, 0.15) is 5.69 Å². The fourth-order valence-electron chi connectivity index (χ4n) is 2.94. The van der Waals surface area contributed by atoms with Crippen LogP contribution in [0.1, 0.15) is 38.5 Å². The van der Waals surface area contributed by atoms with Crippen molar-refractivity contribution in [3.8, 4) is 0 Å². The summed E-state index contributed by atoms with van der Waals surface area (Å²) in [5, 5.41) is 3.00. The predicted octanol–water partition coefficient (Wildman–Crippen LogP) is 2.27. The molecular weight excluding hydrogens is 278 g/mol. The third-order valence-corrected chi connectivity index (χ3v) is 4.55. The van der Waals surface area contributed by atoms with E-state index in [1.165, 1.54) is 19.3 Å². The number of anilines is 3. The first-order valence-corrected chi connectivity index (χ1v) is 8.25. The first-order valence-electron chi connectivity index (χ1n) is 8.25. The van der Waals surface area contributed by atoms with Gasteiger partial charge in [0.05, 0.1) is 6.20 Å². The van der Waals surface area contributed by atoms with E-state index in [9.17, 15) is 4.79 Å². The molecule has 1 saturated carbocycles. The Hall–Kier alpha value is -1.85. The Balaban J connectivity index is 1.78. The summed E-state index contributed by atoms with van der Waals surface area (Å²) < 4.78 is 0. The summed E-state index contributed by atoms with van der Waals surface area (Å²) in [5.74, 6) is 1.81. The van der Waals surface area contributed by atoms with Crippen molar-refractivity contribution in [2.75, 3.05) is 42.3 Å². The molecule has 0 bridgehead atoms. The molecule has 120 valence electrons. The Morgan fingerprint density at radius 3 is 2.55 bits per heavy atom. The molecule has 0 atom stereocenters. The molecule has 1 aliphatic carbocycles. The lowest BCUT2D eigenvalue weighted by molar-refractivity contribution is -0.122. The van der Waals surface area contributed by atoms with E-state index in [0.29, 0.717) is 5.69 Å². The van der Waals surface area contributed by atoms with E-state index >= 15 is 0 Å². The highest BCUT2D eigenvalue weighted by atomic mass is 16.1. The van der Waals surface area contributed by atoms with Gasteiger partial charge < -0.3 is 15.1 Å². The smallest absolute Gasteiger partial charge is 0.227 e. The molecule has 6 heteroatoms. The van der Waals surface area contributed by atoms with Crippen LogP contribution in [-0.4, -0.2) is 43.1 Å². The molecular formula is C16H25N5O. The molecule has 3 rings (SSSR count). The fraction of sp³-hybridized carbons (Fsp3) is 0.688. The summed E-state index contributed by atoms with van der Waals surface area (Å²) in [6, 6.07) is 0. The second-order valence-electron chi connectivity index (χ2n) is 6.47. The third-order valence-electron chi connectivity index (χ3n) is 4.55. The maximum Gasteiger partial charge on any atom is 0.227 e. The van der Waals surface area contributed by atoms with Gasteiger partial charge in [0, 0.05) is 33.1 Å². The number of hydrogen-bond acceptors (Lipinski definition) is 5. The molecule has 1 aliphatic heterocycles. The van der Waals surface area contributed by atoms with Gasteiger partial charge in [-0.05, 0) is 32.1 Å². The van der Waals surface area contributed by atoms with Crippen molar-refractivity contribution in [2.24, 2.45) is 5.92 Å². The molecule has 1 aromatic heterocycles. The first-order chi connectivity index (χ1) is 10.6. The van der Waals surface area contributed by atoms with Crippen LogP contribution in [0.4, 0.5) is 17.5 Å². The summed E-state index contributed by atoms with van der Waals surface area (Å²) >= 11 is 0. The maximum absolute atomic E-state index is 12.2. The summed E-state index contributed by atoms with van der Waals surface area (Å²) in [6.45, 7) is 2.03. The topological polar surface area (TPSA) is 61.4 Å². The SMILES string of the molecule is CN(C)c1nc(N2CCCCC2)ncc1NC(=O)C1CCC1. The molecule has 0 radical (unpaired) electrons. The van der Waals surface area contributed by atoms with Crippen LogP contribution in [0.3, 0.4) is 0 Å². The van der Waals surface area contributed by atoms with Crippen molar-refractivity contribution >= 4 is 23.4 Å². The average molecular weight is 303 g/mol.